The summed E-state index contributed by atoms with van der Waals surface area (Å²) in [6, 6.07) is -1.50. The highest BCUT2D eigenvalue weighted by Gasteiger charge is 2.51. The van der Waals surface area contributed by atoms with Crippen molar-refractivity contribution in [3.63, 3.8) is 0 Å². The van der Waals surface area contributed by atoms with Crippen LogP contribution in [0.15, 0.2) is 0 Å². The Kier molecular flexibility index (Phi) is 7.24. The fourth-order valence-electron chi connectivity index (χ4n) is 2.94. The van der Waals surface area contributed by atoms with Gasteiger partial charge in [0.15, 0.2) is 6.29 Å². The second-order valence-corrected chi connectivity index (χ2v) is 6.22. The summed E-state index contributed by atoms with van der Waals surface area (Å²) < 4.78 is 29.6. The largest absolute Gasteiger partial charge is 0.394 e. The van der Waals surface area contributed by atoms with E-state index < -0.39 is 80.5 Å². The summed E-state index contributed by atoms with van der Waals surface area (Å²) in [7, 11) is 0. The zero-order valence-corrected chi connectivity index (χ0v) is 13.9. The van der Waals surface area contributed by atoms with Crippen LogP contribution in [0.25, 0.3) is 0 Å². The number of hydrogen-bond donors (Lipinski definition) is 7. The van der Waals surface area contributed by atoms with E-state index in [0.717, 1.165) is 6.92 Å². The SMILES string of the molecule is CC(=O)NC1[C@H](F)OC(CO)[C@@H](O)[C@@H]1O[C@@H]1OC(CO)[C@H](O)[C@H](O)C1O. The molecule has 0 radical (unpaired) electrons. The van der Waals surface area contributed by atoms with Crippen LogP contribution in [0.2, 0.25) is 0 Å². The monoisotopic (exact) mass is 385 g/mol. The van der Waals surface area contributed by atoms with Gasteiger partial charge in [-0.1, -0.05) is 0 Å². The second kappa shape index (κ2) is 8.82. The lowest BCUT2D eigenvalue weighted by molar-refractivity contribution is -0.337. The van der Waals surface area contributed by atoms with Gasteiger partial charge in [0.05, 0.1) is 13.2 Å². The van der Waals surface area contributed by atoms with Gasteiger partial charge in [-0.05, 0) is 0 Å². The summed E-state index contributed by atoms with van der Waals surface area (Å²) in [6.45, 7) is -0.355. The van der Waals surface area contributed by atoms with Crippen LogP contribution in [0.3, 0.4) is 0 Å². The number of alkyl halides is 1. The van der Waals surface area contributed by atoms with Crippen molar-refractivity contribution in [1.29, 1.82) is 0 Å². The maximum absolute atomic E-state index is 14.2. The molecule has 2 rings (SSSR count). The van der Waals surface area contributed by atoms with E-state index in [9.17, 15) is 39.8 Å². The van der Waals surface area contributed by atoms with Gasteiger partial charge < -0.3 is 50.2 Å². The van der Waals surface area contributed by atoms with Gasteiger partial charge in [-0.3, -0.25) is 4.79 Å². The van der Waals surface area contributed by atoms with Crippen LogP contribution in [0.4, 0.5) is 4.39 Å². The maximum atomic E-state index is 14.2. The number of carbonyl (C=O) groups is 1. The topological polar surface area (TPSA) is 178 Å². The summed E-state index contributed by atoms with van der Waals surface area (Å²) in [5.74, 6) is -0.654. The highest BCUT2D eigenvalue weighted by Crippen LogP contribution is 2.29. The highest BCUT2D eigenvalue weighted by atomic mass is 19.1. The van der Waals surface area contributed by atoms with E-state index in [-0.39, 0.29) is 0 Å². The van der Waals surface area contributed by atoms with Crippen LogP contribution in [0.1, 0.15) is 6.92 Å². The first kappa shape index (κ1) is 21.3. The molecule has 2 saturated heterocycles. The molecule has 26 heavy (non-hydrogen) atoms. The minimum atomic E-state index is -2.14. The quantitative estimate of drug-likeness (QED) is 0.245. The molecule has 12 heteroatoms. The Labute approximate surface area is 147 Å². The van der Waals surface area contributed by atoms with E-state index in [1.807, 2.05) is 0 Å². The standard InChI is InChI=1S/C14H24FNO10/c1-4(19)16-7-12(9(21)6(3-18)24-13(7)15)26-14-11(23)10(22)8(20)5(2-17)25-14/h5-14,17-18,20-23H,2-3H2,1H3,(H,16,19)/t5?,6?,7?,8-,9+,10-,11?,12+,13+,14-/m0/s1. The molecule has 0 aromatic heterocycles. The molecule has 7 N–H and O–H groups in total. The van der Waals surface area contributed by atoms with E-state index >= 15 is 0 Å². The van der Waals surface area contributed by atoms with Crippen molar-refractivity contribution in [2.45, 2.75) is 68.3 Å². The molecule has 0 bridgehead atoms. The molecule has 11 nitrogen and oxygen atoms in total. The third-order valence-electron chi connectivity index (χ3n) is 4.35. The van der Waals surface area contributed by atoms with E-state index in [1.165, 1.54) is 0 Å². The second-order valence-electron chi connectivity index (χ2n) is 6.22. The summed E-state index contributed by atoms with van der Waals surface area (Å²) >= 11 is 0. The van der Waals surface area contributed by atoms with Gasteiger partial charge >= 0.3 is 0 Å². The summed E-state index contributed by atoms with van der Waals surface area (Å²) in [4.78, 5) is 11.3. The van der Waals surface area contributed by atoms with Crippen LogP contribution >= 0.6 is 0 Å². The third kappa shape index (κ3) is 4.30. The van der Waals surface area contributed by atoms with Gasteiger partial charge in [-0.15, -0.1) is 0 Å². The molecule has 0 aliphatic carbocycles. The van der Waals surface area contributed by atoms with Crippen LogP contribution in [0.5, 0.6) is 0 Å². The molecule has 0 spiro atoms. The van der Waals surface area contributed by atoms with Crippen LogP contribution in [0, 0.1) is 0 Å². The number of amides is 1. The molecule has 0 aromatic rings. The number of nitrogens with one attached hydrogen (secondary N) is 1. The van der Waals surface area contributed by atoms with Crippen molar-refractivity contribution in [3.8, 4) is 0 Å². The first-order chi connectivity index (χ1) is 12.2. The smallest absolute Gasteiger partial charge is 0.222 e. The molecular weight excluding hydrogens is 361 g/mol. The van der Waals surface area contributed by atoms with Gasteiger partial charge in [0.25, 0.3) is 0 Å². The van der Waals surface area contributed by atoms with Gasteiger partial charge in [-0.2, -0.15) is 0 Å². The van der Waals surface area contributed by atoms with Gasteiger partial charge in [0.1, 0.15) is 48.8 Å². The summed E-state index contributed by atoms with van der Waals surface area (Å²) in [5, 5.41) is 60.4. The van der Waals surface area contributed by atoms with Crippen LogP contribution in [-0.4, -0.2) is 111 Å². The molecule has 152 valence electrons. The minimum Gasteiger partial charge on any atom is -0.394 e. The average Bonchev–Trinajstić information content (AvgIpc) is 2.60. The Morgan fingerprint density at radius 1 is 1.00 bits per heavy atom. The lowest BCUT2D eigenvalue weighted by atomic mass is 9.96. The number of aliphatic hydroxyl groups is 6. The van der Waals surface area contributed by atoms with E-state index in [4.69, 9.17) is 14.2 Å². The number of carbonyl (C=O) groups excluding carboxylic acids is 1. The molecule has 2 fully saturated rings. The van der Waals surface area contributed by atoms with Gasteiger partial charge in [0.2, 0.25) is 12.3 Å². The maximum Gasteiger partial charge on any atom is 0.222 e. The lowest BCUT2D eigenvalue weighted by Gasteiger charge is -2.46. The number of rotatable bonds is 5. The van der Waals surface area contributed by atoms with E-state index in [2.05, 4.69) is 5.32 Å². The zero-order valence-electron chi connectivity index (χ0n) is 13.9. The number of halogens is 1. The Morgan fingerprint density at radius 2 is 1.58 bits per heavy atom. The third-order valence-corrected chi connectivity index (χ3v) is 4.35. The fraction of sp³-hybridized carbons (Fsp3) is 0.929. The van der Waals surface area contributed by atoms with Gasteiger partial charge in [0, 0.05) is 6.92 Å². The Hall–Kier alpha value is -0.960. The van der Waals surface area contributed by atoms with E-state index in [1.54, 1.807) is 0 Å². The number of ether oxygens (including phenoxy) is 3. The van der Waals surface area contributed by atoms with E-state index in [0.29, 0.717) is 0 Å². The van der Waals surface area contributed by atoms with Gasteiger partial charge in [-0.25, -0.2) is 4.39 Å². The van der Waals surface area contributed by atoms with Crippen LogP contribution < -0.4 is 5.32 Å². The Morgan fingerprint density at radius 3 is 2.12 bits per heavy atom. The first-order valence-electron chi connectivity index (χ1n) is 8.02. The summed E-state index contributed by atoms with van der Waals surface area (Å²) in [6.07, 6.45) is -14.7. The zero-order chi connectivity index (χ0) is 19.6. The number of aliphatic hydroxyl groups excluding tert-OH is 6. The van der Waals surface area contributed by atoms with Crippen molar-refractivity contribution in [1.82, 2.24) is 5.32 Å². The Balaban J connectivity index is 2.21. The molecule has 2 aliphatic rings. The molecule has 2 heterocycles. The van der Waals surface area contributed by atoms with Crippen molar-refractivity contribution < 1.29 is 54.0 Å². The molecule has 1 amide bonds. The molecule has 10 atom stereocenters. The predicted octanol–water partition coefficient (Wildman–Crippen LogP) is -4.28. The molecule has 0 saturated carbocycles. The van der Waals surface area contributed by atoms with Crippen molar-refractivity contribution in [2.75, 3.05) is 13.2 Å². The lowest BCUT2D eigenvalue weighted by Crippen LogP contribution is -2.67. The van der Waals surface area contributed by atoms with Crippen molar-refractivity contribution in [3.05, 3.63) is 0 Å². The van der Waals surface area contributed by atoms with Crippen molar-refractivity contribution in [2.24, 2.45) is 0 Å². The first-order valence-corrected chi connectivity index (χ1v) is 8.02. The number of hydrogen-bond acceptors (Lipinski definition) is 10. The predicted molar refractivity (Wildman–Crippen MR) is 79.1 cm³/mol. The molecule has 4 unspecified atom stereocenters. The highest BCUT2D eigenvalue weighted by molar-refractivity contribution is 5.73. The minimum absolute atomic E-state index is 0.654. The average molecular weight is 385 g/mol. The fourth-order valence-corrected chi connectivity index (χ4v) is 2.94. The van der Waals surface area contributed by atoms with Crippen LogP contribution in [-0.2, 0) is 19.0 Å². The van der Waals surface area contributed by atoms with Crippen molar-refractivity contribution >= 4 is 5.91 Å². The Bertz CT molecular complexity index is 483. The normalized spacial score (nSPS) is 46.8. The molecule has 0 aromatic carbocycles. The molecule has 2 aliphatic heterocycles. The summed E-state index contributed by atoms with van der Waals surface area (Å²) in [5.41, 5.74) is 0. The molecular formula is C14H24FNO10.